The first-order valence-electron chi connectivity index (χ1n) is 7.35. The SMILES string of the molecule is CC(C)[C@H](CC=O)C1CC(=C(C#N)C#N)c2ccccc2O1. The summed E-state index contributed by atoms with van der Waals surface area (Å²) in [7, 11) is 0. The van der Waals surface area contributed by atoms with E-state index in [-0.39, 0.29) is 23.5 Å². The Morgan fingerprint density at radius 1 is 1.36 bits per heavy atom. The van der Waals surface area contributed by atoms with Gasteiger partial charge in [0.15, 0.2) is 0 Å². The molecule has 0 radical (unpaired) electrons. The van der Waals surface area contributed by atoms with Gasteiger partial charge in [0.1, 0.15) is 35.9 Å². The van der Waals surface area contributed by atoms with E-state index in [9.17, 15) is 15.3 Å². The molecule has 1 aromatic rings. The van der Waals surface area contributed by atoms with Gasteiger partial charge in [0.05, 0.1) is 0 Å². The molecule has 2 atom stereocenters. The summed E-state index contributed by atoms with van der Waals surface area (Å²) in [5.41, 5.74) is 1.63. The van der Waals surface area contributed by atoms with Crippen LogP contribution in [0.4, 0.5) is 0 Å². The number of hydrogen-bond acceptors (Lipinski definition) is 4. The Kier molecular flexibility index (Phi) is 4.96. The van der Waals surface area contributed by atoms with Gasteiger partial charge in [0.2, 0.25) is 0 Å². The van der Waals surface area contributed by atoms with Crippen LogP contribution < -0.4 is 4.74 Å². The second kappa shape index (κ2) is 6.91. The molecule has 0 aromatic heterocycles. The van der Waals surface area contributed by atoms with Crippen molar-refractivity contribution in [3.8, 4) is 17.9 Å². The Bertz CT molecular complexity index is 661. The average molecular weight is 294 g/mol. The van der Waals surface area contributed by atoms with Crippen molar-refractivity contribution < 1.29 is 9.53 Å². The van der Waals surface area contributed by atoms with E-state index in [1.165, 1.54) is 0 Å². The number of rotatable bonds is 4. The largest absolute Gasteiger partial charge is 0.489 e. The summed E-state index contributed by atoms with van der Waals surface area (Å²) in [6, 6.07) is 11.4. The Balaban J connectivity index is 2.50. The molecule has 0 spiro atoms. The average Bonchev–Trinajstić information content (AvgIpc) is 2.53. The number of aldehydes is 1. The number of carbonyl (C=O) groups is 1. The molecule has 4 heteroatoms. The first kappa shape index (κ1) is 15.8. The molecule has 0 amide bonds. The molecule has 1 aliphatic heterocycles. The van der Waals surface area contributed by atoms with Crippen LogP contribution in [0.5, 0.6) is 5.75 Å². The van der Waals surface area contributed by atoms with Crippen LogP contribution in [0.25, 0.3) is 5.57 Å². The number of hydrogen-bond donors (Lipinski definition) is 0. The van der Waals surface area contributed by atoms with Crippen LogP contribution in [-0.4, -0.2) is 12.4 Å². The Hall–Kier alpha value is -2.59. The Morgan fingerprint density at radius 2 is 2.05 bits per heavy atom. The van der Waals surface area contributed by atoms with Crippen LogP contribution in [0.15, 0.2) is 29.8 Å². The lowest BCUT2D eigenvalue weighted by molar-refractivity contribution is -0.109. The lowest BCUT2D eigenvalue weighted by atomic mass is 9.81. The van der Waals surface area contributed by atoms with Crippen LogP contribution in [-0.2, 0) is 4.79 Å². The highest BCUT2D eigenvalue weighted by atomic mass is 16.5. The van der Waals surface area contributed by atoms with Crippen molar-refractivity contribution in [3.63, 3.8) is 0 Å². The van der Waals surface area contributed by atoms with Gasteiger partial charge in [0.25, 0.3) is 0 Å². The summed E-state index contributed by atoms with van der Waals surface area (Å²) in [6.07, 6.45) is 1.59. The molecular weight excluding hydrogens is 276 g/mol. The molecule has 0 saturated heterocycles. The third-order valence-corrected chi connectivity index (χ3v) is 4.12. The van der Waals surface area contributed by atoms with E-state index < -0.39 is 0 Å². The van der Waals surface area contributed by atoms with E-state index in [0.717, 1.165) is 11.8 Å². The number of allylic oxidation sites excluding steroid dienone is 1. The molecule has 1 heterocycles. The van der Waals surface area contributed by atoms with Crippen LogP contribution >= 0.6 is 0 Å². The quantitative estimate of drug-likeness (QED) is 0.629. The second-order valence-electron chi connectivity index (χ2n) is 5.74. The summed E-state index contributed by atoms with van der Waals surface area (Å²) in [6.45, 7) is 4.11. The van der Waals surface area contributed by atoms with Crippen molar-refractivity contribution in [1.82, 2.24) is 0 Å². The highest BCUT2D eigenvalue weighted by Crippen LogP contribution is 2.40. The topological polar surface area (TPSA) is 73.9 Å². The predicted molar refractivity (Wildman–Crippen MR) is 82.6 cm³/mol. The molecule has 4 nitrogen and oxygen atoms in total. The minimum absolute atomic E-state index is 0.0551. The van der Waals surface area contributed by atoms with Gasteiger partial charge in [-0.05, 0) is 17.6 Å². The molecule has 0 fully saturated rings. The van der Waals surface area contributed by atoms with Crippen molar-refractivity contribution in [2.75, 3.05) is 0 Å². The van der Waals surface area contributed by atoms with Gasteiger partial charge >= 0.3 is 0 Å². The van der Waals surface area contributed by atoms with Crippen molar-refractivity contribution in [3.05, 3.63) is 35.4 Å². The number of carbonyl (C=O) groups excluding carboxylic acids is 1. The third-order valence-electron chi connectivity index (χ3n) is 4.12. The minimum atomic E-state index is -0.202. The van der Waals surface area contributed by atoms with Crippen LogP contribution in [0.1, 0.15) is 32.3 Å². The van der Waals surface area contributed by atoms with Gasteiger partial charge in [-0.3, -0.25) is 0 Å². The normalized spacial score (nSPS) is 17.7. The first-order valence-corrected chi connectivity index (χ1v) is 7.35. The first-order chi connectivity index (χ1) is 10.6. The fourth-order valence-electron chi connectivity index (χ4n) is 2.93. The van der Waals surface area contributed by atoms with Crippen LogP contribution in [0, 0.1) is 34.5 Å². The lowest BCUT2D eigenvalue weighted by Gasteiger charge is -2.34. The highest BCUT2D eigenvalue weighted by molar-refractivity contribution is 5.79. The summed E-state index contributed by atoms with van der Waals surface area (Å²) < 4.78 is 6.07. The van der Waals surface area contributed by atoms with Gasteiger partial charge in [-0.25, -0.2) is 0 Å². The Labute approximate surface area is 130 Å². The second-order valence-corrected chi connectivity index (χ2v) is 5.74. The predicted octanol–water partition coefficient (Wildman–Crippen LogP) is 3.50. The number of nitrogens with zero attached hydrogens (tertiary/aromatic N) is 2. The molecule has 22 heavy (non-hydrogen) atoms. The summed E-state index contributed by atoms with van der Waals surface area (Å²) in [4.78, 5) is 11.0. The van der Waals surface area contributed by atoms with Gasteiger partial charge < -0.3 is 9.53 Å². The smallest absolute Gasteiger partial charge is 0.133 e. The van der Waals surface area contributed by atoms with Crippen molar-refractivity contribution in [1.29, 1.82) is 10.5 Å². The van der Waals surface area contributed by atoms with Gasteiger partial charge in [-0.2, -0.15) is 10.5 Å². The number of para-hydroxylation sites is 1. The summed E-state index contributed by atoms with van der Waals surface area (Å²) in [5.74, 6) is 1.00. The van der Waals surface area contributed by atoms with Gasteiger partial charge in [-0.1, -0.05) is 32.0 Å². The van der Waals surface area contributed by atoms with E-state index in [2.05, 4.69) is 13.8 Å². The third kappa shape index (κ3) is 3.02. The minimum Gasteiger partial charge on any atom is -0.489 e. The zero-order valence-corrected chi connectivity index (χ0v) is 12.7. The van der Waals surface area contributed by atoms with E-state index >= 15 is 0 Å². The van der Waals surface area contributed by atoms with Crippen molar-refractivity contribution >= 4 is 11.9 Å². The zero-order chi connectivity index (χ0) is 16.1. The maximum atomic E-state index is 11.0. The van der Waals surface area contributed by atoms with Crippen LogP contribution in [0.3, 0.4) is 0 Å². The molecule has 1 aliphatic rings. The number of fused-ring (bicyclic) bond motifs is 1. The number of nitriles is 2. The molecule has 0 bridgehead atoms. The molecule has 0 N–H and O–H groups in total. The number of benzene rings is 1. The van der Waals surface area contributed by atoms with E-state index in [4.69, 9.17) is 4.74 Å². The molecule has 112 valence electrons. The Morgan fingerprint density at radius 3 is 2.64 bits per heavy atom. The molecule has 0 aliphatic carbocycles. The summed E-state index contributed by atoms with van der Waals surface area (Å²) >= 11 is 0. The molecule has 2 rings (SSSR count). The molecule has 1 aromatic carbocycles. The molecular formula is C18H18N2O2. The maximum Gasteiger partial charge on any atom is 0.133 e. The van der Waals surface area contributed by atoms with Gasteiger partial charge in [0, 0.05) is 24.3 Å². The highest BCUT2D eigenvalue weighted by Gasteiger charge is 2.33. The van der Waals surface area contributed by atoms with Crippen molar-refractivity contribution in [2.24, 2.45) is 11.8 Å². The van der Waals surface area contributed by atoms with E-state index in [0.29, 0.717) is 24.2 Å². The van der Waals surface area contributed by atoms with Gasteiger partial charge in [-0.15, -0.1) is 0 Å². The fraction of sp³-hybridized carbons (Fsp3) is 0.389. The number of ether oxygens (including phenoxy) is 1. The molecule has 1 unspecified atom stereocenters. The van der Waals surface area contributed by atoms with Crippen LogP contribution in [0.2, 0.25) is 0 Å². The van der Waals surface area contributed by atoms with Crippen molar-refractivity contribution in [2.45, 2.75) is 32.8 Å². The van der Waals surface area contributed by atoms with E-state index in [1.807, 2.05) is 36.4 Å². The zero-order valence-electron chi connectivity index (χ0n) is 12.7. The monoisotopic (exact) mass is 294 g/mol. The lowest BCUT2D eigenvalue weighted by Crippen LogP contribution is -2.34. The van der Waals surface area contributed by atoms with E-state index in [1.54, 1.807) is 0 Å². The fourth-order valence-corrected chi connectivity index (χ4v) is 2.93. The summed E-state index contributed by atoms with van der Waals surface area (Å²) in [5, 5.41) is 18.4. The standard InChI is InChI=1S/C18H18N2O2/c1-12(2)14(7-8-21)18-9-16(13(10-19)11-20)15-5-3-4-6-17(15)22-18/h3-6,8,12,14,18H,7,9H2,1-2H3/t14-,18?/m0/s1. The maximum absolute atomic E-state index is 11.0. The molecule has 0 saturated carbocycles.